The molecule has 4 heterocycles. The molecule has 15 heteroatoms. The van der Waals surface area contributed by atoms with Crippen molar-refractivity contribution in [2.45, 2.75) is 75.7 Å². The van der Waals surface area contributed by atoms with Gasteiger partial charge in [0.15, 0.2) is 0 Å². The lowest BCUT2D eigenvalue weighted by atomic mass is 9.76. The van der Waals surface area contributed by atoms with Gasteiger partial charge in [-0.25, -0.2) is 0 Å². The van der Waals surface area contributed by atoms with Crippen molar-refractivity contribution in [1.29, 1.82) is 0 Å². The number of aliphatic hydroxyl groups is 1. The molecule has 8 atom stereocenters. The molecule has 1 saturated heterocycles. The van der Waals surface area contributed by atoms with Crippen LogP contribution in [0.4, 0.5) is 0 Å². The Balaban J connectivity index is 0.981. The Kier molecular flexibility index (Phi) is 14.5. The molecule has 70 heavy (non-hydrogen) atoms. The standard InChI is InChI=1S/C55H54N4O11/c1-4-5-6-10-33-69-41-20-16-39(17-21-41)55(68,38-13-8-7-9-14-38)40-18-22-42(23-19-40)70-34-32-37-12-11-15-43-52(37)54(67)59(53(43)66)45(36(3)57-48(62)28-29-49(57)63)25-24-44(58-50(64)30-31-51(58)65)35(2)56-46(60)26-27-47(56)61/h4-9,11-14,16-23,26-31,35-37,43-45,52,68H,1,10,15,24-25,32-34H2,2-3H3/b6-5+. The number of allylic oxidation sites excluding steroid dienone is 4. The second-order valence-corrected chi connectivity index (χ2v) is 17.9. The second-order valence-electron chi connectivity index (χ2n) is 17.9. The van der Waals surface area contributed by atoms with E-state index in [0.717, 1.165) is 62.5 Å². The highest BCUT2D eigenvalue weighted by Gasteiger charge is 2.55. The number of benzene rings is 3. The van der Waals surface area contributed by atoms with Crippen LogP contribution in [0, 0.1) is 17.8 Å². The van der Waals surface area contributed by atoms with E-state index in [-0.39, 0.29) is 25.9 Å². The number of nitrogens with zero attached hydrogens (tertiary/aromatic N) is 4. The van der Waals surface area contributed by atoms with Gasteiger partial charge in [0, 0.05) is 36.5 Å². The predicted molar refractivity (Wildman–Crippen MR) is 256 cm³/mol. The van der Waals surface area contributed by atoms with Crippen molar-refractivity contribution in [1.82, 2.24) is 19.6 Å². The molecule has 5 aliphatic rings. The first kappa shape index (κ1) is 48.7. The smallest absolute Gasteiger partial charge is 0.253 e. The number of likely N-dealkylation sites (tertiary alicyclic amines) is 1. The third-order valence-electron chi connectivity index (χ3n) is 13.9. The molecule has 8 amide bonds. The molecule has 0 saturated carbocycles. The Bertz CT molecular complexity index is 2670. The zero-order valence-corrected chi connectivity index (χ0v) is 38.9. The van der Waals surface area contributed by atoms with Crippen molar-refractivity contribution in [2.75, 3.05) is 13.2 Å². The van der Waals surface area contributed by atoms with E-state index in [1.165, 1.54) is 6.92 Å². The number of rotatable bonds is 21. The van der Waals surface area contributed by atoms with Gasteiger partial charge in [-0.05, 0) is 92.8 Å². The lowest BCUT2D eigenvalue weighted by Gasteiger charge is -2.39. The molecule has 8 unspecified atom stereocenters. The summed E-state index contributed by atoms with van der Waals surface area (Å²) in [4.78, 5) is 111. The van der Waals surface area contributed by atoms with Crippen LogP contribution in [0.1, 0.15) is 62.6 Å². The fourth-order valence-electron chi connectivity index (χ4n) is 10.4. The summed E-state index contributed by atoms with van der Waals surface area (Å²) in [5.41, 5.74) is 0.389. The third-order valence-corrected chi connectivity index (χ3v) is 13.9. The van der Waals surface area contributed by atoms with Gasteiger partial charge in [-0.2, -0.15) is 0 Å². The van der Waals surface area contributed by atoms with E-state index in [9.17, 15) is 43.5 Å². The maximum Gasteiger partial charge on any atom is 0.253 e. The lowest BCUT2D eigenvalue weighted by Crippen LogP contribution is -2.57. The summed E-state index contributed by atoms with van der Waals surface area (Å²) in [7, 11) is 0. The minimum absolute atomic E-state index is 0.101. The van der Waals surface area contributed by atoms with Gasteiger partial charge in [0.05, 0.1) is 49.2 Å². The number of carbonyl (C=O) groups excluding carboxylic acids is 8. The summed E-state index contributed by atoms with van der Waals surface area (Å²) in [6.45, 7) is 7.43. The van der Waals surface area contributed by atoms with Crippen LogP contribution < -0.4 is 9.47 Å². The first-order valence-corrected chi connectivity index (χ1v) is 23.5. The number of amides is 8. The first-order valence-electron chi connectivity index (χ1n) is 23.5. The highest BCUT2D eigenvalue weighted by molar-refractivity contribution is 6.15. The Morgan fingerprint density at radius 1 is 0.614 bits per heavy atom. The van der Waals surface area contributed by atoms with Gasteiger partial charge < -0.3 is 14.6 Å². The topological polar surface area (TPSA) is 188 Å². The number of carbonyl (C=O) groups is 8. The SMILES string of the molecule is C=C/C=C/CCOc1ccc(C(O)(c2ccccc2)c2ccc(OCCC3C=CCC4C(=O)N(C(CCC(C(C)N5C(=O)C=CC5=O)N5C(=O)C=CC5=O)C(C)N5C(=O)C=CC5=O)C(=O)C34)cc2)cc1. The number of imide groups is 4. The van der Waals surface area contributed by atoms with E-state index >= 15 is 0 Å². The average Bonchev–Trinajstić information content (AvgIpc) is 4.08. The highest BCUT2D eigenvalue weighted by atomic mass is 16.5. The molecular weight excluding hydrogens is 893 g/mol. The van der Waals surface area contributed by atoms with Gasteiger partial charge in [-0.3, -0.25) is 58.0 Å². The largest absolute Gasteiger partial charge is 0.494 e. The monoisotopic (exact) mass is 946 g/mol. The molecule has 0 spiro atoms. The summed E-state index contributed by atoms with van der Waals surface area (Å²) in [6, 6.07) is 19.6. The fourth-order valence-corrected chi connectivity index (χ4v) is 10.4. The van der Waals surface area contributed by atoms with Gasteiger partial charge in [-0.15, -0.1) is 0 Å². The van der Waals surface area contributed by atoms with Gasteiger partial charge in [0.1, 0.15) is 17.1 Å². The molecule has 1 N–H and O–H groups in total. The summed E-state index contributed by atoms with van der Waals surface area (Å²) >= 11 is 0. The predicted octanol–water partition coefficient (Wildman–Crippen LogP) is 5.50. The summed E-state index contributed by atoms with van der Waals surface area (Å²) in [6.07, 6.45) is 17.0. The highest BCUT2D eigenvalue weighted by Crippen LogP contribution is 2.43. The Morgan fingerprint density at radius 2 is 1.07 bits per heavy atom. The molecule has 15 nitrogen and oxygen atoms in total. The first-order chi connectivity index (χ1) is 33.7. The van der Waals surface area contributed by atoms with Crippen LogP contribution in [0.5, 0.6) is 11.5 Å². The van der Waals surface area contributed by atoms with E-state index in [2.05, 4.69) is 6.58 Å². The zero-order chi connectivity index (χ0) is 49.7. The minimum atomic E-state index is -1.52. The quantitative estimate of drug-likeness (QED) is 0.0467. The number of ether oxygens (including phenoxy) is 2. The van der Waals surface area contributed by atoms with Gasteiger partial charge in [-0.1, -0.05) is 91.6 Å². The summed E-state index contributed by atoms with van der Waals surface area (Å²) in [5.74, 6) is -5.60. The molecule has 8 rings (SSSR count). The van der Waals surface area contributed by atoms with Crippen molar-refractivity contribution in [3.63, 3.8) is 0 Å². The third kappa shape index (κ3) is 9.48. The van der Waals surface area contributed by atoms with Crippen LogP contribution in [-0.4, -0.2) is 109 Å². The Hall–Kier alpha value is -7.78. The van der Waals surface area contributed by atoms with E-state index in [0.29, 0.717) is 41.2 Å². The van der Waals surface area contributed by atoms with Crippen LogP contribution >= 0.6 is 0 Å². The maximum atomic E-state index is 14.8. The molecular formula is C55H54N4O11. The van der Waals surface area contributed by atoms with Crippen molar-refractivity contribution in [2.24, 2.45) is 17.8 Å². The van der Waals surface area contributed by atoms with Gasteiger partial charge >= 0.3 is 0 Å². The fraction of sp³-hybridized carbons (Fsp3) is 0.309. The van der Waals surface area contributed by atoms with Crippen molar-refractivity contribution in [3.05, 3.63) is 169 Å². The Labute approximate surface area is 405 Å². The molecule has 0 radical (unpaired) electrons. The molecule has 1 aliphatic carbocycles. The van der Waals surface area contributed by atoms with Crippen LogP contribution in [0.15, 0.2) is 152 Å². The minimum Gasteiger partial charge on any atom is -0.494 e. The molecule has 0 bridgehead atoms. The normalized spacial score (nSPS) is 22.4. The number of hydrogen-bond donors (Lipinski definition) is 1. The van der Waals surface area contributed by atoms with Crippen LogP contribution in [0.3, 0.4) is 0 Å². The molecule has 1 fully saturated rings. The van der Waals surface area contributed by atoms with Crippen LogP contribution in [0.2, 0.25) is 0 Å². The van der Waals surface area contributed by atoms with Crippen LogP contribution in [-0.2, 0) is 44.0 Å². The Morgan fingerprint density at radius 3 is 1.57 bits per heavy atom. The molecule has 3 aromatic rings. The number of hydrogen-bond acceptors (Lipinski definition) is 11. The summed E-state index contributed by atoms with van der Waals surface area (Å²) < 4.78 is 12.1. The van der Waals surface area contributed by atoms with Crippen molar-refractivity contribution >= 4 is 47.3 Å². The summed E-state index contributed by atoms with van der Waals surface area (Å²) in [5, 5.41) is 12.5. The van der Waals surface area contributed by atoms with Gasteiger partial charge in [0.2, 0.25) is 11.8 Å². The van der Waals surface area contributed by atoms with Gasteiger partial charge in [0.25, 0.3) is 35.4 Å². The molecule has 360 valence electrons. The van der Waals surface area contributed by atoms with Crippen molar-refractivity contribution < 1.29 is 52.9 Å². The van der Waals surface area contributed by atoms with E-state index in [1.54, 1.807) is 37.3 Å². The second kappa shape index (κ2) is 20.8. The van der Waals surface area contributed by atoms with E-state index in [1.807, 2.05) is 78.9 Å². The number of fused-ring (bicyclic) bond motifs is 1. The lowest BCUT2D eigenvalue weighted by molar-refractivity contribution is -0.151. The zero-order valence-electron chi connectivity index (χ0n) is 38.9. The van der Waals surface area contributed by atoms with Crippen LogP contribution in [0.25, 0.3) is 0 Å². The van der Waals surface area contributed by atoms with E-state index in [4.69, 9.17) is 9.47 Å². The van der Waals surface area contributed by atoms with E-state index < -0.39 is 94.8 Å². The molecule has 3 aromatic carbocycles. The average molecular weight is 947 g/mol. The maximum absolute atomic E-state index is 14.8. The van der Waals surface area contributed by atoms with Crippen molar-refractivity contribution in [3.8, 4) is 11.5 Å². The molecule has 4 aliphatic heterocycles. The molecule has 0 aromatic heterocycles.